The maximum atomic E-state index is 12.1. The van der Waals surface area contributed by atoms with Gasteiger partial charge < -0.3 is 10.2 Å². The summed E-state index contributed by atoms with van der Waals surface area (Å²) in [5.41, 5.74) is 0. The van der Waals surface area contributed by atoms with E-state index in [1.54, 1.807) is 4.90 Å². The zero-order chi connectivity index (χ0) is 14.2. The standard InChI is InChI=1S/C16H20N2O2/c19-13-18-10-6-9-15(12-18)16(20)17-11-14-7-4-2-1-3-5-8-14/h1-4,13-15H,6-7,9-12H2,(H,17,20)/b3-1+,4-2-. The fourth-order valence-electron chi connectivity index (χ4n) is 2.47. The van der Waals surface area contributed by atoms with E-state index in [9.17, 15) is 9.59 Å². The number of rotatable bonds is 4. The van der Waals surface area contributed by atoms with Crippen molar-refractivity contribution < 1.29 is 9.59 Å². The number of piperidine rings is 1. The number of nitrogens with zero attached hydrogens (tertiary/aromatic N) is 1. The highest BCUT2D eigenvalue weighted by Crippen LogP contribution is 2.15. The van der Waals surface area contributed by atoms with Gasteiger partial charge in [0.05, 0.1) is 5.92 Å². The Morgan fingerprint density at radius 2 is 2.35 bits per heavy atom. The molecule has 0 bridgehead atoms. The van der Waals surface area contributed by atoms with E-state index in [4.69, 9.17) is 0 Å². The molecule has 0 spiro atoms. The molecular formula is C16H20N2O2. The number of carbonyl (C=O) groups excluding carboxylic acids is 2. The molecule has 1 fully saturated rings. The lowest BCUT2D eigenvalue weighted by molar-refractivity contribution is -0.128. The Hall–Kier alpha value is -2.02. The Morgan fingerprint density at radius 3 is 3.20 bits per heavy atom. The van der Waals surface area contributed by atoms with Crippen molar-refractivity contribution in [1.29, 1.82) is 0 Å². The third-order valence-corrected chi connectivity index (χ3v) is 3.63. The molecule has 1 N–H and O–H groups in total. The molecule has 0 aromatic rings. The third-order valence-electron chi connectivity index (χ3n) is 3.63. The first-order valence-corrected chi connectivity index (χ1v) is 7.09. The van der Waals surface area contributed by atoms with Crippen molar-refractivity contribution in [1.82, 2.24) is 10.2 Å². The Bertz CT molecular complexity index is 471. The summed E-state index contributed by atoms with van der Waals surface area (Å²) in [6, 6.07) is 0. The van der Waals surface area contributed by atoms with Crippen molar-refractivity contribution in [3.8, 4) is 11.8 Å². The number of hydrogen-bond acceptors (Lipinski definition) is 2. The molecule has 1 aliphatic heterocycles. The van der Waals surface area contributed by atoms with E-state index in [0.717, 1.165) is 32.2 Å². The number of allylic oxidation sites excluding steroid dienone is 4. The largest absolute Gasteiger partial charge is 0.355 e. The fourth-order valence-corrected chi connectivity index (χ4v) is 2.47. The van der Waals surface area contributed by atoms with Crippen LogP contribution in [0.15, 0.2) is 24.3 Å². The summed E-state index contributed by atoms with van der Waals surface area (Å²) in [7, 11) is 0. The summed E-state index contributed by atoms with van der Waals surface area (Å²) >= 11 is 0. The van der Waals surface area contributed by atoms with E-state index in [0.29, 0.717) is 13.1 Å². The summed E-state index contributed by atoms with van der Waals surface area (Å²) in [5.74, 6) is 6.22. The maximum absolute atomic E-state index is 12.1. The van der Waals surface area contributed by atoms with E-state index < -0.39 is 0 Å². The van der Waals surface area contributed by atoms with Gasteiger partial charge in [0.15, 0.2) is 0 Å². The SMILES string of the molecule is O=CN1CCCC(C(=O)NCC2C#C/C=C/C=C\C2)C1. The molecule has 0 saturated carbocycles. The molecule has 20 heavy (non-hydrogen) atoms. The first-order chi connectivity index (χ1) is 9.79. The number of hydrogen-bond donors (Lipinski definition) is 1. The number of carbonyl (C=O) groups is 2. The van der Waals surface area contributed by atoms with Gasteiger partial charge in [-0.1, -0.05) is 30.1 Å². The van der Waals surface area contributed by atoms with Crippen LogP contribution >= 0.6 is 0 Å². The van der Waals surface area contributed by atoms with Gasteiger partial charge in [0.1, 0.15) is 0 Å². The molecule has 1 aliphatic carbocycles. The van der Waals surface area contributed by atoms with E-state index in [1.165, 1.54) is 0 Å². The summed E-state index contributed by atoms with van der Waals surface area (Å²) in [5, 5.41) is 2.97. The van der Waals surface area contributed by atoms with E-state index >= 15 is 0 Å². The van der Waals surface area contributed by atoms with Gasteiger partial charge in [-0.15, -0.1) is 0 Å². The third kappa shape index (κ3) is 4.27. The Balaban J connectivity index is 1.81. The molecule has 2 unspecified atom stereocenters. The van der Waals surface area contributed by atoms with Gasteiger partial charge in [0.2, 0.25) is 12.3 Å². The molecular weight excluding hydrogens is 252 g/mol. The van der Waals surface area contributed by atoms with Crippen LogP contribution in [0.5, 0.6) is 0 Å². The molecule has 2 aliphatic rings. The number of amides is 2. The van der Waals surface area contributed by atoms with Crippen LogP contribution in [0.1, 0.15) is 19.3 Å². The molecule has 0 radical (unpaired) electrons. The van der Waals surface area contributed by atoms with Crippen LogP contribution in [0.2, 0.25) is 0 Å². The summed E-state index contributed by atoms with van der Waals surface area (Å²) in [6.07, 6.45) is 11.2. The highest BCUT2D eigenvalue weighted by molar-refractivity contribution is 5.79. The highest BCUT2D eigenvalue weighted by Gasteiger charge is 2.25. The van der Waals surface area contributed by atoms with E-state index in [2.05, 4.69) is 23.2 Å². The zero-order valence-electron chi connectivity index (χ0n) is 11.5. The molecule has 4 nitrogen and oxygen atoms in total. The fraction of sp³-hybridized carbons (Fsp3) is 0.500. The summed E-state index contributed by atoms with van der Waals surface area (Å²) in [6.45, 7) is 1.87. The number of likely N-dealkylation sites (tertiary alicyclic amines) is 1. The van der Waals surface area contributed by atoms with Crippen molar-refractivity contribution in [2.24, 2.45) is 11.8 Å². The molecule has 0 aromatic carbocycles. The average Bonchev–Trinajstić information content (AvgIpc) is 2.46. The van der Waals surface area contributed by atoms with Crippen LogP contribution in [0.3, 0.4) is 0 Å². The molecule has 0 aromatic heterocycles. The van der Waals surface area contributed by atoms with Crippen LogP contribution in [0.25, 0.3) is 0 Å². The lowest BCUT2D eigenvalue weighted by Crippen LogP contribution is -2.43. The smallest absolute Gasteiger partial charge is 0.224 e. The molecule has 106 valence electrons. The van der Waals surface area contributed by atoms with Crippen molar-refractivity contribution in [3.05, 3.63) is 24.3 Å². The molecule has 1 saturated heterocycles. The van der Waals surface area contributed by atoms with Gasteiger partial charge in [0, 0.05) is 25.6 Å². The minimum absolute atomic E-state index is 0.0416. The second-order valence-corrected chi connectivity index (χ2v) is 5.19. The maximum Gasteiger partial charge on any atom is 0.224 e. The average molecular weight is 272 g/mol. The Kier molecular flexibility index (Phi) is 5.43. The molecule has 2 atom stereocenters. The predicted molar refractivity (Wildman–Crippen MR) is 77.5 cm³/mol. The molecule has 1 heterocycles. The van der Waals surface area contributed by atoms with E-state index in [1.807, 2.05) is 18.2 Å². The normalized spacial score (nSPS) is 28.3. The number of nitrogens with one attached hydrogen (secondary N) is 1. The lowest BCUT2D eigenvalue weighted by atomic mass is 9.97. The molecule has 4 heteroatoms. The van der Waals surface area contributed by atoms with Crippen LogP contribution in [-0.4, -0.2) is 36.9 Å². The second kappa shape index (κ2) is 7.54. The molecule has 2 amide bonds. The first-order valence-electron chi connectivity index (χ1n) is 7.09. The summed E-state index contributed by atoms with van der Waals surface area (Å²) < 4.78 is 0. The van der Waals surface area contributed by atoms with Gasteiger partial charge in [-0.3, -0.25) is 9.59 Å². The van der Waals surface area contributed by atoms with Gasteiger partial charge in [-0.25, -0.2) is 0 Å². The van der Waals surface area contributed by atoms with Gasteiger partial charge in [0.25, 0.3) is 0 Å². The lowest BCUT2D eigenvalue weighted by Gasteiger charge is -2.29. The minimum Gasteiger partial charge on any atom is -0.355 e. The van der Waals surface area contributed by atoms with Crippen molar-refractivity contribution >= 4 is 12.3 Å². The second-order valence-electron chi connectivity index (χ2n) is 5.19. The zero-order valence-corrected chi connectivity index (χ0v) is 11.5. The Morgan fingerprint density at radius 1 is 1.45 bits per heavy atom. The topological polar surface area (TPSA) is 49.4 Å². The van der Waals surface area contributed by atoms with Crippen LogP contribution in [-0.2, 0) is 9.59 Å². The van der Waals surface area contributed by atoms with Crippen molar-refractivity contribution in [3.63, 3.8) is 0 Å². The van der Waals surface area contributed by atoms with Gasteiger partial charge in [-0.05, 0) is 25.3 Å². The first kappa shape index (κ1) is 14.4. The summed E-state index contributed by atoms with van der Waals surface area (Å²) in [4.78, 5) is 24.6. The van der Waals surface area contributed by atoms with Crippen molar-refractivity contribution in [2.75, 3.05) is 19.6 Å². The van der Waals surface area contributed by atoms with Crippen molar-refractivity contribution in [2.45, 2.75) is 19.3 Å². The minimum atomic E-state index is -0.0779. The van der Waals surface area contributed by atoms with E-state index in [-0.39, 0.29) is 17.7 Å². The van der Waals surface area contributed by atoms with Crippen LogP contribution < -0.4 is 5.32 Å². The molecule has 2 rings (SSSR count). The quantitative estimate of drug-likeness (QED) is 0.615. The van der Waals surface area contributed by atoms with Crippen LogP contribution in [0, 0.1) is 23.7 Å². The predicted octanol–water partition coefficient (Wildman–Crippen LogP) is 1.11. The Labute approximate surface area is 119 Å². The van der Waals surface area contributed by atoms with Gasteiger partial charge in [-0.2, -0.15) is 0 Å². The highest BCUT2D eigenvalue weighted by atomic mass is 16.2. The monoisotopic (exact) mass is 272 g/mol. The van der Waals surface area contributed by atoms with Crippen LogP contribution in [0.4, 0.5) is 0 Å². The van der Waals surface area contributed by atoms with Gasteiger partial charge >= 0.3 is 0 Å².